The van der Waals surface area contributed by atoms with E-state index in [-0.39, 0.29) is 11.8 Å². The number of unbranched alkanes of at least 4 members (excludes halogenated alkanes) is 1. The van der Waals surface area contributed by atoms with Crippen molar-refractivity contribution in [3.05, 3.63) is 0 Å². The summed E-state index contributed by atoms with van der Waals surface area (Å²) in [4.78, 5) is 21.3. The fraction of sp³-hybridized carbons (Fsp3) is 0.750. The van der Waals surface area contributed by atoms with Gasteiger partial charge >= 0.3 is 0 Å². The number of nitrogens with one attached hydrogen (secondary N) is 1. The van der Waals surface area contributed by atoms with Crippen LogP contribution in [-0.2, 0) is 14.1 Å². The van der Waals surface area contributed by atoms with Gasteiger partial charge in [-0.2, -0.15) is 0 Å². The van der Waals surface area contributed by atoms with Gasteiger partial charge in [-0.1, -0.05) is 0 Å². The van der Waals surface area contributed by atoms with Crippen LogP contribution in [0, 0.1) is 0 Å². The van der Waals surface area contributed by atoms with E-state index in [4.69, 9.17) is 0 Å². The molecule has 1 N–H and O–H groups in total. The van der Waals surface area contributed by atoms with Crippen molar-refractivity contribution in [3.8, 4) is 0 Å². The third-order valence-corrected chi connectivity index (χ3v) is 2.56. The predicted molar refractivity (Wildman–Crippen MR) is 49.8 cm³/mol. The van der Waals surface area contributed by atoms with E-state index in [2.05, 4.69) is 5.32 Å². The summed E-state index contributed by atoms with van der Waals surface area (Å²) < 4.78 is 10.7. The highest BCUT2D eigenvalue weighted by Gasteiger charge is 2.03. The van der Waals surface area contributed by atoms with Gasteiger partial charge in [-0.3, -0.25) is 14.9 Å². The second-order valence-electron chi connectivity index (χ2n) is 3.01. The van der Waals surface area contributed by atoms with Crippen molar-refractivity contribution in [2.45, 2.75) is 38.8 Å². The molecular formula is C8H15NO3Si. The minimum absolute atomic E-state index is 0.247. The summed E-state index contributed by atoms with van der Waals surface area (Å²) in [6, 6.07) is 0.692. The first-order valence-corrected chi connectivity index (χ1v) is 6.43. The summed E-state index contributed by atoms with van der Waals surface area (Å²) >= 11 is 0. The zero-order chi connectivity index (χ0) is 10.3. The van der Waals surface area contributed by atoms with Crippen molar-refractivity contribution in [3.63, 3.8) is 0 Å². The fourth-order valence-corrected chi connectivity index (χ4v) is 1.67. The van der Waals surface area contributed by atoms with Gasteiger partial charge in [-0.15, -0.1) is 0 Å². The Labute approximate surface area is 79.4 Å². The lowest BCUT2D eigenvalue weighted by Gasteiger charge is -1.99. The fourth-order valence-electron chi connectivity index (χ4n) is 0.918. The standard InChI is InChI=1S/C8H15NO3Si/c1-7(10)9-8(11)5-3-4-6-13(2)12/h3-6H2,1-2H3,(H,9,10,11). The largest absolute Gasteiger partial charge is 0.389 e. The van der Waals surface area contributed by atoms with Crippen LogP contribution in [0.3, 0.4) is 0 Å². The van der Waals surface area contributed by atoms with E-state index in [1.54, 1.807) is 6.55 Å². The Balaban J connectivity index is 3.37. The van der Waals surface area contributed by atoms with Crippen molar-refractivity contribution in [1.29, 1.82) is 0 Å². The molecule has 0 saturated carbocycles. The summed E-state index contributed by atoms with van der Waals surface area (Å²) in [5, 5.41) is 2.18. The molecule has 4 nitrogen and oxygen atoms in total. The van der Waals surface area contributed by atoms with Gasteiger partial charge in [-0.05, 0) is 25.4 Å². The maximum absolute atomic E-state index is 10.9. The minimum atomic E-state index is -1.40. The Kier molecular flexibility index (Phi) is 6.22. The molecule has 0 aromatic rings. The van der Waals surface area contributed by atoms with Crippen LogP contribution in [0.4, 0.5) is 0 Å². The Morgan fingerprint density at radius 3 is 2.38 bits per heavy atom. The van der Waals surface area contributed by atoms with Crippen molar-refractivity contribution in [2.24, 2.45) is 0 Å². The highest BCUT2D eigenvalue weighted by atomic mass is 28.3. The SMILES string of the molecule is CC(=O)NC(=O)CCCC[Si](C)=O. The number of imide groups is 1. The maximum atomic E-state index is 10.9. The molecule has 0 heterocycles. The summed E-state index contributed by atoms with van der Waals surface area (Å²) in [7, 11) is -1.40. The summed E-state index contributed by atoms with van der Waals surface area (Å²) in [6.07, 6.45) is 1.83. The van der Waals surface area contributed by atoms with E-state index in [0.717, 1.165) is 6.42 Å². The van der Waals surface area contributed by atoms with Gasteiger partial charge in [0.15, 0.2) is 0 Å². The third kappa shape index (κ3) is 9.07. The smallest absolute Gasteiger partial charge is 0.273 e. The molecule has 0 fully saturated rings. The number of carbonyl (C=O) groups excluding carboxylic acids is 2. The lowest BCUT2D eigenvalue weighted by Crippen LogP contribution is -2.27. The molecule has 0 saturated heterocycles. The zero-order valence-electron chi connectivity index (χ0n) is 8.05. The molecule has 0 aliphatic heterocycles. The van der Waals surface area contributed by atoms with Gasteiger partial charge in [-0.25, -0.2) is 0 Å². The molecule has 2 amide bonds. The van der Waals surface area contributed by atoms with E-state index in [9.17, 15) is 14.1 Å². The van der Waals surface area contributed by atoms with E-state index in [1.165, 1.54) is 6.92 Å². The number of hydrogen-bond acceptors (Lipinski definition) is 3. The van der Waals surface area contributed by atoms with Crippen LogP contribution in [0.5, 0.6) is 0 Å². The molecule has 0 radical (unpaired) electrons. The van der Waals surface area contributed by atoms with Gasteiger partial charge in [0.25, 0.3) is 8.68 Å². The molecule has 13 heavy (non-hydrogen) atoms. The molecule has 0 aromatic heterocycles. The normalized spacial score (nSPS) is 9.38. The molecule has 0 bridgehead atoms. The number of rotatable bonds is 5. The number of amides is 2. The molecule has 74 valence electrons. The van der Waals surface area contributed by atoms with Crippen LogP contribution in [-0.4, -0.2) is 20.5 Å². The van der Waals surface area contributed by atoms with Crippen LogP contribution < -0.4 is 5.32 Å². The van der Waals surface area contributed by atoms with Crippen LogP contribution in [0.15, 0.2) is 0 Å². The molecule has 0 aliphatic rings. The Hall–Kier alpha value is -0.843. The average molecular weight is 201 g/mol. The Morgan fingerprint density at radius 2 is 1.92 bits per heavy atom. The van der Waals surface area contributed by atoms with Gasteiger partial charge in [0.05, 0.1) is 0 Å². The van der Waals surface area contributed by atoms with Crippen LogP contribution in [0.2, 0.25) is 12.6 Å². The predicted octanol–water partition coefficient (Wildman–Crippen LogP) is 0.871. The molecule has 0 rings (SSSR count). The van der Waals surface area contributed by atoms with Gasteiger partial charge in [0.2, 0.25) is 11.8 Å². The first-order valence-electron chi connectivity index (χ1n) is 4.32. The first kappa shape index (κ1) is 12.2. The molecule has 0 spiro atoms. The Morgan fingerprint density at radius 1 is 1.31 bits per heavy atom. The average Bonchev–Trinajstić information content (AvgIpc) is 1.96. The van der Waals surface area contributed by atoms with Crippen LogP contribution in [0.1, 0.15) is 26.2 Å². The lowest BCUT2D eigenvalue weighted by atomic mass is 10.2. The van der Waals surface area contributed by atoms with Crippen molar-refractivity contribution in [1.82, 2.24) is 5.32 Å². The van der Waals surface area contributed by atoms with Gasteiger partial charge in [0.1, 0.15) is 0 Å². The Bertz CT molecular complexity index is 215. The number of carbonyl (C=O) groups is 2. The number of hydrogen-bond donors (Lipinski definition) is 1. The topological polar surface area (TPSA) is 63.2 Å². The molecule has 0 atom stereocenters. The maximum Gasteiger partial charge on any atom is 0.273 e. The van der Waals surface area contributed by atoms with Crippen molar-refractivity contribution in [2.75, 3.05) is 0 Å². The molecular weight excluding hydrogens is 186 g/mol. The van der Waals surface area contributed by atoms with Crippen molar-refractivity contribution >= 4 is 20.5 Å². The van der Waals surface area contributed by atoms with Crippen LogP contribution >= 0.6 is 0 Å². The van der Waals surface area contributed by atoms with E-state index >= 15 is 0 Å². The van der Waals surface area contributed by atoms with Crippen molar-refractivity contribution < 1.29 is 14.1 Å². The third-order valence-electron chi connectivity index (χ3n) is 1.50. The first-order chi connectivity index (χ1) is 6.02. The molecule has 0 aromatic carbocycles. The molecule has 5 heteroatoms. The summed E-state index contributed by atoms with van der Waals surface area (Å²) in [5.41, 5.74) is 0. The van der Waals surface area contributed by atoms with Gasteiger partial charge in [0, 0.05) is 13.3 Å². The highest BCUT2D eigenvalue weighted by molar-refractivity contribution is 6.40. The lowest BCUT2D eigenvalue weighted by molar-refractivity contribution is -0.129. The zero-order valence-corrected chi connectivity index (χ0v) is 9.05. The van der Waals surface area contributed by atoms with E-state index in [0.29, 0.717) is 18.9 Å². The second-order valence-corrected chi connectivity index (χ2v) is 4.92. The highest BCUT2D eigenvalue weighted by Crippen LogP contribution is 2.00. The van der Waals surface area contributed by atoms with E-state index < -0.39 is 8.68 Å². The second kappa shape index (κ2) is 6.65. The minimum Gasteiger partial charge on any atom is -0.389 e. The summed E-state index contributed by atoms with van der Waals surface area (Å²) in [6.45, 7) is 3.02. The molecule has 0 aliphatic carbocycles. The monoisotopic (exact) mass is 201 g/mol. The van der Waals surface area contributed by atoms with Crippen LogP contribution in [0.25, 0.3) is 0 Å². The van der Waals surface area contributed by atoms with Gasteiger partial charge < -0.3 is 4.46 Å². The summed E-state index contributed by atoms with van der Waals surface area (Å²) in [5.74, 6) is -0.572. The molecule has 0 unspecified atom stereocenters. The van der Waals surface area contributed by atoms with E-state index in [1.807, 2.05) is 0 Å². The quantitative estimate of drug-likeness (QED) is 0.530.